The number of amides is 1. The molecule has 0 atom stereocenters. The molecule has 5 nitrogen and oxygen atoms in total. The highest BCUT2D eigenvalue weighted by Crippen LogP contribution is 2.30. The van der Waals surface area contributed by atoms with E-state index in [1.165, 1.54) is 12.1 Å². The Morgan fingerprint density at radius 2 is 1.79 bits per heavy atom. The smallest absolute Gasteiger partial charge is 0.229 e. The number of hydrogen-bond donors (Lipinski definition) is 1. The van der Waals surface area contributed by atoms with Gasteiger partial charge < -0.3 is 10.1 Å². The van der Waals surface area contributed by atoms with Crippen LogP contribution < -0.4 is 10.1 Å². The lowest BCUT2D eigenvalue weighted by atomic mass is 10.1. The minimum absolute atomic E-state index is 0.140. The van der Waals surface area contributed by atoms with Gasteiger partial charge in [0.2, 0.25) is 5.91 Å². The van der Waals surface area contributed by atoms with Crippen LogP contribution in [0, 0.1) is 12.7 Å². The van der Waals surface area contributed by atoms with Crippen LogP contribution in [0.2, 0.25) is 0 Å². The fourth-order valence-corrected chi connectivity index (χ4v) is 3.18. The zero-order chi connectivity index (χ0) is 20.4. The first-order valence-corrected chi connectivity index (χ1v) is 9.21. The average molecular weight is 389 g/mol. The third kappa shape index (κ3) is 3.96. The molecule has 0 bridgehead atoms. The van der Waals surface area contributed by atoms with Crippen molar-refractivity contribution in [1.82, 2.24) is 9.38 Å². The second-order valence-electron chi connectivity index (χ2n) is 6.82. The van der Waals surface area contributed by atoms with Crippen LogP contribution in [0.25, 0.3) is 16.9 Å². The summed E-state index contributed by atoms with van der Waals surface area (Å²) in [5, 5.41) is 2.99. The SMILES string of the molecule is COc1ccc(-c2nc3ccc(C)cn3c2NC(=O)Cc2ccc(F)cc2)cc1. The highest BCUT2D eigenvalue weighted by atomic mass is 19.1. The van der Waals surface area contributed by atoms with Crippen molar-refractivity contribution in [3.05, 3.63) is 83.8 Å². The maximum atomic E-state index is 13.1. The lowest BCUT2D eigenvalue weighted by Gasteiger charge is -2.09. The van der Waals surface area contributed by atoms with Crippen molar-refractivity contribution in [1.29, 1.82) is 0 Å². The largest absolute Gasteiger partial charge is 0.497 e. The molecule has 0 radical (unpaired) electrons. The lowest BCUT2D eigenvalue weighted by Crippen LogP contribution is -2.16. The van der Waals surface area contributed by atoms with Gasteiger partial charge in [-0.15, -0.1) is 0 Å². The molecule has 146 valence electrons. The zero-order valence-electron chi connectivity index (χ0n) is 16.1. The highest BCUT2D eigenvalue weighted by molar-refractivity contribution is 5.95. The Bertz CT molecular complexity index is 1170. The number of anilines is 1. The number of aryl methyl sites for hydroxylation is 1. The van der Waals surface area contributed by atoms with Crippen LogP contribution in [0.15, 0.2) is 66.9 Å². The van der Waals surface area contributed by atoms with Crippen molar-refractivity contribution >= 4 is 17.4 Å². The summed E-state index contributed by atoms with van der Waals surface area (Å²) in [7, 11) is 1.61. The summed E-state index contributed by atoms with van der Waals surface area (Å²) in [6.45, 7) is 1.98. The number of fused-ring (bicyclic) bond motifs is 1. The van der Waals surface area contributed by atoms with Gasteiger partial charge in [-0.05, 0) is 60.5 Å². The molecule has 0 aliphatic carbocycles. The number of imidazole rings is 1. The number of halogens is 1. The molecule has 29 heavy (non-hydrogen) atoms. The summed E-state index contributed by atoms with van der Waals surface area (Å²) in [4.78, 5) is 17.4. The fraction of sp³-hybridized carbons (Fsp3) is 0.130. The van der Waals surface area contributed by atoms with Crippen LogP contribution in [0.5, 0.6) is 5.75 Å². The molecular formula is C23H20FN3O2. The fourth-order valence-electron chi connectivity index (χ4n) is 3.18. The van der Waals surface area contributed by atoms with Gasteiger partial charge in [-0.25, -0.2) is 9.37 Å². The van der Waals surface area contributed by atoms with Crippen molar-refractivity contribution < 1.29 is 13.9 Å². The van der Waals surface area contributed by atoms with E-state index in [1.807, 2.05) is 53.9 Å². The van der Waals surface area contributed by atoms with E-state index in [4.69, 9.17) is 9.72 Å². The Balaban J connectivity index is 1.71. The number of ether oxygens (including phenoxy) is 1. The van der Waals surface area contributed by atoms with Crippen molar-refractivity contribution in [2.24, 2.45) is 0 Å². The molecule has 1 amide bonds. The maximum Gasteiger partial charge on any atom is 0.229 e. The second kappa shape index (κ2) is 7.75. The Morgan fingerprint density at radius 1 is 1.07 bits per heavy atom. The molecule has 0 aliphatic rings. The summed E-state index contributed by atoms with van der Waals surface area (Å²) in [6.07, 6.45) is 2.07. The van der Waals surface area contributed by atoms with Gasteiger partial charge in [-0.2, -0.15) is 0 Å². The first kappa shape index (κ1) is 18.7. The summed E-state index contributed by atoms with van der Waals surface area (Å²) >= 11 is 0. The van der Waals surface area contributed by atoms with Gasteiger partial charge in [0, 0.05) is 11.8 Å². The van der Waals surface area contributed by atoms with E-state index >= 15 is 0 Å². The number of carbonyl (C=O) groups excluding carboxylic acids is 1. The van der Waals surface area contributed by atoms with Crippen LogP contribution in [-0.2, 0) is 11.2 Å². The van der Waals surface area contributed by atoms with E-state index in [0.29, 0.717) is 11.5 Å². The Labute approximate surface area is 167 Å². The zero-order valence-corrected chi connectivity index (χ0v) is 16.1. The van der Waals surface area contributed by atoms with E-state index in [0.717, 1.165) is 28.1 Å². The highest BCUT2D eigenvalue weighted by Gasteiger charge is 2.17. The van der Waals surface area contributed by atoms with Gasteiger partial charge in [0.05, 0.1) is 13.5 Å². The molecule has 2 aromatic heterocycles. The number of carbonyl (C=O) groups is 1. The number of methoxy groups -OCH3 is 1. The van der Waals surface area contributed by atoms with Crippen LogP contribution >= 0.6 is 0 Å². The summed E-state index contributed by atoms with van der Waals surface area (Å²) < 4.78 is 20.2. The van der Waals surface area contributed by atoms with Crippen LogP contribution in [0.1, 0.15) is 11.1 Å². The quantitative estimate of drug-likeness (QED) is 0.541. The minimum atomic E-state index is -0.326. The first-order valence-electron chi connectivity index (χ1n) is 9.21. The summed E-state index contributed by atoms with van der Waals surface area (Å²) in [6, 6.07) is 17.3. The van der Waals surface area contributed by atoms with Gasteiger partial charge in [0.15, 0.2) is 0 Å². The van der Waals surface area contributed by atoms with Crippen molar-refractivity contribution in [2.75, 3.05) is 12.4 Å². The number of aromatic nitrogens is 2. The number of nitrogens with one attached hydrogen (secondary N) is 1. The first-order chi connectivity index (χ1) is 14.0. The molecular weight excluding hydrogens is 369 g/mol. The Kier molecular flexibility index (Phi) is 4.99. The van der Waals surface area contributed by atoms with E-state index in [-0.39, 0.29) is 18.1 Å². The molecule has 0 saturated heterocycles. The average Bonchev–Trinajstić information content (AvgIpc) is 3.07. The van der Waals surface area contributed by atoms with Crippen molar-refractivity contribution in [3.63, 3.8) is 0 Å². The van der Waals surface area contributed by atoms with Crippen LogP contribution in [0.3, 0.4) is 0 Å². The third-order valence-corrected chi connectivity index (χ3v) is 4.67. The van der Waals surface area contributed by atoms with E-state index in [1.54, 1.807) is 19.2 Å². The number of rotatable bonds is 5. The van der Waals surface area contributed by atoms with Crippen molar-refractivity contribution in [3.8, 4) is 17.0 Å². The van der Waals surface area contributed by atoms with Gasteiger partial charge >= 0.3 is 0 Å². The van der Waals surface area contributed by atoms with Crippen LogP contribution in [0.4, 0.5) is 10.2 Å². The summed E-state index contributed by atoms with van der Waals surface area (Å²) in [5.41, 5.74) is 4.05. The van der Waals surface area contributed by atoms with Gasteiger partial charge in [-0.1, -0.05) is 18.2 Å². The van der Waals surface area contributed by atoms with Crippen molar-refractivity contribution in [2.45, 2.75) is 13.3 Å². The van der Waals surface area contributed by atoms with E-state index < -0.39 is 0 Å². The molecule has 0 unspecified atom stereocenters. The molecule has 6 heteroatoms. The normalized spacial score (nSPS) is 10.9. The molecule has 0 saturated carbocycles. The Hall–Kier alpha value is -3.67. The predicted octanol–water partition coefficient (Wildman–Crippen LogP) is 4.64. The molecule has 0 spiro atoms. The monoisotopic (exact) mass is 389 g/mol. The molecule has 0 aliphatic heterocycles. The molecule has 0 fully saturated rings. The van der Waals surface area contributed by atoms with E-state index in [2.05, 4.69) is 5.32 Å². The van der Waals surface area contributed by atoms with Crippen LogP contribution in [-0.4, -0.2) is 22.4 Å². The van der Waals surface area contributed by atoms with Gasteiger partial charge in [0.1, 0.15) is 28.7 Å². The minimum Gasteiger partial charge on any atom is -0.497 e. The molecule has 2 aromatic carbocycles. The second-order valence-corrected chi connectivity index (χ2v) is 6.82. The third-order valence-electron chi connectivity index (χ3n) is 4.67. The molecule has 2 heterocycles. The summed E-state index contributed by atoms with van der Waals surface area (Å²) in [5.74, 6) is 0.819. The predicted molar refractivity (Wildman–Crippen MR) is 111 cm³/mol. The topological polar surface area (TPSA) is 55.6 Å². The standard InChI is InChI=1S/C23H20FN3O2/c1-15-3-12-20-25-22(17-6-10-19(29-2)11-7-17)23(27(20)14-15)26-21(28)13-16-4-8-18(24)9-5-16/h3-12,14H,13H2,1-2H3,(H,26,28). The molecule has 4 aromatic rings. The molecule has 1 N–H and O–H groups in total. The number of pyridine rings is 1. The number of nitrogens with zero attached hydrogens (tertiary/aromatic N) is 2. The van der Waals surface area contributed by atoms with E-state index in [9.17, 15) is 9.18 Å². The number of benzene rings is 2. The number of hydrogen-bond acceptors (Lipinski definition) is 3. The maximum absolute atomic E-state index is 13.1. The van der Waals surface area contributed by atoms with Gasteiger partial charge in [-0.3, -0.25) is 9.20 Å². The Morgan fingerprint density at radius 3 is 2.48 bits per heavy atom. The van der Waals surface area contributed by atoms with Gasteiger partial charge in [0.25, 0.3) is 0 Å². The molecule has 4 rings (SSSR count). The lowest BCUT2D eigenvalue weighted by molar-refractivity contribution is -0.115.